The van der Waals surface area contributed by atoms with Gasteiger partial charge in [0.1, 0.15) is 0 Å². The largest absolute Gasteiger partial charge is 0.326 e. The van der Waals surface area contributed by atoms with Crippen molar-refractivity contribution in [3.05, 3.63) is 29.8 Å². The summed E-state index contributed by atoms with van der Waals surface area (Å²) < 4.78 is 0. The van der Waals surface area contributed by atoms with E-state index in [9.17, 15) is 4.79 Å². The Balaban J connectivity index is 2.47. The first kappa shape index (κ1) is 10.7. The smallest absolute Gasteiger partial charge is 0.225 e. The molecule has 0 aromatic heterocycles. The van der Waals surface area contributed by atoms with Crippen LogP contribution >= 0.6 is 0 Å². The Morgan fingerprint density at radius 2 is 2.21 bits per heavy atom. The number of hydrogen-bond donors (Lipinski definition) is 2. The molecule has 0 aliphatic heterocycles. The fraction of sp³-hybridized carbons (Fsp3) is 0.364. The standard InChI is InChI=1S/C11H16N2O/c1-9-4-3-5-10(8-9)13-11(14)6-7-12-2/h3-5,8,12H,6-7H2,1-2H3,(H,13,14). The lowest BCUT2D eigenvalue weighted by molar-refractivity contribution is -0.116. The van der Waals surface area contributed by atoms with Crippen molar-refractivity contribution in [2.45, 2.75) is 13.3 Å². The third-order valence-corrected chi connectivity index (χ3v) is 1.90. The molecular formula is C11H16N2O. The predicted octanol–water partition coefficient (Wildman–Crippen LogP) is 1.54. The Labute approximate surface area is 84.5 Å². The van der Waals surface area contributed by atoms with Crippen LogP contribution in [0.15, 0.2) is 24.3 Å². The lowest BCUT2D eigenvalue weighted by Crippen LogP contribution is -2.18. The van der Waals surface area contributed by atoms with Crippen LogP contribution in [0.4, 0.5) is 5.69 Å². The number of hydrogen-bond acceptors (Lipinski definition) is 2. The van der Waals surface area contributed by atoms with E-state index >= 15 is 0 Å². The van der Waals surface area contributed by atoms with Crippen LogP contribution in [0.2, 0.25) is 0 Å². The van der Waals surface area contributed by atoms with Crippen LogP contribution in [0, 0.1) is 6.92 Å². The van der Waals surface area contributed by atoms with Crippen LogP contribution in [-0.2, 0) is 4.79 Å². The van der Waals surface area contributed by atoms with Gasteiger partial charge >= 0.3 is 0 Å². The van der Waals surface area contributed by atoms with Crippen molar-refractivity contribution >= 4 is 11.6 Å². The van der Waals surface area contributed by atoms with Gasteiger partial charge in [0, 0.05) is 18.7 Å². The van der Waals surface area contributed by atoms with Crippen LogP contribution in [0.5, 0.6) is 0 Å². The van der Waals surface area contributed by atoms with E-state index in [2.05, 4.69) is 10.6 Å². The summed E-state index contributed by atoms with van der Waals surface area (Å²) in [4.78, 5) is 11.3. The summed E-state index contributed by atoms with van der Waals surface area (Å²) in [6, 6.07) is 7.79. The van der Waals surface area contributed by atoms with Gasteiger partial charge in [-0.05, 0) is 31.7 Å². The minimum atomic E-state index is 0.0463. The second-order valence-electron chi connectivity index (χ2n) is 3.27. The second kappa shape index (κ2) is 5.40. The van der Waals surface area contributed by atoms with E-state index in [1.807, 2.05) is 38.2 Å². The third kappa shape index (κ3) is 3.58. The number of nitrogens with one attached hydrogen (secondary N) is 2. The zero-order valence-electron chi connectivity index (χ0n) is 8.63. The van der Waals surface area contributed by atoms with Gasteiger partial charge in [-0.15, -0.1) is 0 Å². The number of aryl methyl sites for hydroxylation is 1. The van der Waals surface area contributed by atoms with Gasteiger partial charge in [-0.2, -0.15) is 0 Å². The van der Waals surface area contributed by atoms with Crippen LogP contribution in [-0.4, -0.2) is 19.5 Å². The average Bonchev–Trinajstić information content (AvgIpc) is 2.15. The molecule has 76 valence electrons. The number of amides is 1. The highest BCUT2D eigenvalue weighted by atomic mass is 16.1. The first-order valence-electron chi connectivity index (χ1n) is 4.73. The summed E-state index contributed by atoms with van der Waals surface area (Å²) in [6.45, 7) is 2.71. The van der Waals surface area contributed by atoms with Gasteiger partial charge in [0.05, 0.1) is 0 Å². The van der Waals surface area contributed by atoms with E-state index in [1.165, 1.54) is 0 Å². The van der Waals surface area contributed by atoms with Gasteiger partial charge in [0.15, 0.2) is 0 Å². The van der Waals surface area contributed by atoms with Crippen LogP contribution in [0.1, 0.15) is 12.0 Å². The Hall–Kier alpha value is -1.35. The van der Waals surface area contributed by atoms with E-state index in [0.717, 1.165) is 11.3 Å². The molecule has 0 saturated heterocycles. The number of carbonyl (C=O) groups is 1. The molecule has 0 spiro atoms. The lowest BCUT2D eigenvalue weighted by Gasteiger charge is -2.05. The topological polar surface area (TPSA) is 41.1 Å². The molecule has 14 heavy (non-hydrogen) atoms. The van der Waals surface area contributed by atoms with Crippen LogP contribution < -0.4 is 10.6 Å². The minimum absolute atomic E-state index is 0.0463. The Morgan fingerprint density at radius 1 is 1.43 bits per heavy atom. The molecule has 3 heteroatoms. The molecule has 0 radical (unpaired) electrons. The molecule has 0 unspecified atom stereocenters. The van der Waals surface area contributed by atoms with Gasteiger partial charge in [0.2, 0.25) is 5.91 Å². The summed E-state index contributed by atoms with van der Waals surface area (Å²) in [5, 5.41) is 5.77. The molecule has 3 nitrogen and oxygen atoms in total. The molecule has 2 N–H and O–H groups in total. The number of rotatable bonds is 4. The summed E-state index contributed by atoms with van der Waals surface area (Å²) in [6.07, 6.45) is 0.504. The number of anilines is 1. The molecule has 1 aromatic rings. The van der Waals surface area contributed by atoms with Gasteiger partial charge in [-0.25, -0.2) is 0 Å². The van der Waals surface area contributed by atoms with Crippen molar-refractivity contribution in [2.75, 3.05) is 18.9 Å². The van der Waals surface area contributed by atoms with E-state index < -0.39 is 0 Å². The van der Waals surface area contributed by atoms with Crippen molar-refractivity contribution in [2.24, 2.45) is 0 Å². The van der Waals surface area contributed by atoms with E-state index in [-0.39, 0.29) is 5.91 Å². The monoisotopic (exact) mass is 192 g/mol. The van der Waals surface area contributed by atoms with Crippen LogP contribution in [0.25, 0.3) is 0 Å². The van der Waals surface area contributed by atoms with Gasteiger partial charge < -0.3 is 10.6 Å². The zero-order chi connectivity index (χ0) is 10.4. The fourth-order valence-electron chi connectivity index (χ4n) is 1.18. The highest BCUT2D eigenvalue weighted by molar-refractivity contribution is 5.90. The first-order valence-corrected chi connectivity index (χ1v) is 4.73. The fourth-order valence-corrected chi connectivity index (χ4v) is 1.18. The molecule has 0 saturated carbocycles. The van der Waals surface area contributed by atoms with E-state index in [4.69, 9.17) is 0 Å². The third-order valence-electron chi connectivity index (χ3n) is 1.90. The molecule has 0 aliphatic carbocycles. The van der Waals surface area contributed by atoms with Gasteiger partial charge in [-0.3, -0.25) is 4.79 Å². The summed E-state index contributed by atoms with van der Waals surface area (Å²) in [5.74, 6) is 0.0463. The second-order valence-corrected chi connectivity index (χ2v) is 3.27. The van der Waals surface area contributed by atoms with E-state index in [1.54, 1.807) is 0 Å². The summed E-state index contributed by atoms with van der Waals surface area (Å²) in [7, 11) is 1.83. The SMILES string of the molecule is CNCCC(=O)Nc1cccc(C)c1. The molecule has 0 atom stereocenters. The van der Waals surface area contributed by atoms with Crippen molar-refractivity contribution in [1.29, 1.82) is 0 Å². The molecule has 1 rings (SSSR count). The van der Waals surface area contributed by atoms with Crippen LogP contribution in [0.3, 0.4) is 0 Å². The quantitative estimate of drug-likeness (QED) is 0.759. The maximum atomic E-state index is 11.3. The summed E-state index contributed by atoms with van der Waals surface area (Å²) in [5.41, 5.74) is 2.02. The zero-order valence-corrected chi connectivity index (χ0v) is 8.63. The van der Waals surface area contributed by atoms with Crippen molar-refractivity contribution < 1.29 is 4.79 Å². The molecule has 0 aliphatic rings. The Bertz CT molecular complexity index is 310. The molecule has 1 amide bonds. The maximum absolute atomic E-state index is 11.3. The molecule has 0 bridgehead atoms. The number of benzene rings is 1. The van der Waals surface area contributed by atoms with Gasteiger partial charge in [0.25, 0.3) is 0 Å². The normalized spacial score (nSPS) is 9.86. The minimum Gasteiger partial charge on any atom is -0.326 e. The van der Waals surface area contributed by atoms with Crippen molar-refractivity contribution in [1.82, 2.24) is 5.32 Å². The first-order chi connectivity index (χ1) is 6.72. The van der Waals surface area contributed by atoms with E-state index in [0.29, 0.717) is 13.0 Å². The lowest BCUT2D eigenvalue weighted by atomic mass is 10.2. The Morgan fingerprint density at radius 3 is 2.86 bits per heavy atom. The summed E-state index contributed by atoms with van der Waals surface area (Å²) >= 11 is 0. The molecule has 0 fully saturated rings. The highest BCUT2D eigenvalue weighted by Crippen LogP contribution is 2.09. The molecule has 1 aromatic carbocycles. The maximum Gasteiger partial charge on any atom is 0.225 e. The van der Waals surface area contributed by atoms with Gasteiger partial charge in [-0.1, -0.05) is 12.1 Å². The highest BCUT2D eigenvalue weighted by Gasteiger charge is 2.00. The molecular weight excluding hydrogens is 176 g/mol. The average molecular weight is 192 g/mol. The molecule has 0 heterocycles. The van der Waals surface area contributed by atoms with Crippen molar-refractivity contribution in [3.8, 4) is 0 Å². The van der Waals surface area contributed by atoms with Crippen molar-refractivity contribution in [3.63, 3.8) is 0 Å². The predicted molar refractivity (Wildman–Crippen MR) is 58.4 cm³/mol. The number of carbonyl (C=O) groups excluding carboxylic acids is 1. The Kier molecular flexibility index (Phi) is 4.13.